The van der Waals surface area contributed by atoms with Crippen LogP contribution in [0.3, 0.4) is 0 Å². The number of aromatic amines is 1. The quantitative estimate of drug-likeness (QED) is 0.614. The fourth-order valence-electron chi connectivity index (χ4n) is 2.94. The SMILES string of the molecule is CCOc1ccc(-n2c(=O)c3c(Cl)[nH]c4ccccc4n-3c2=O)cc1. The number of nitrogens with zero attached hydrogens (tertiary/aromatic N) is 2. The number of nitrogens with one attached hydrogen (secondary N) is 1. The Morgan fingerprint density at radius 3 is 2.48 bits per heavy atom. The van der Waals surface area contributed by atoms with Crippen LogP contribution >= 0.6 is 11.6 Å². The second kappa shape index (κ2) is 5.82. The molecule has 0 bridgehead atoms. The van der Waals surface area contributed by atoms with Crippen molar-refractivity contribution >= 4 is 22.6 Å². The lowest BCUT2D eigenvalue weighted by Crippen LogP contribution is -2.25. The number of imidazole rings is 1. The van der Waals surface area contributed by atoms with Crippen molar-refractivity contribution in [2.24, 2.45) is 0 Å². The Morgan fingerprint density at radius 2 is 1.76 bits per heavy atom. The van der Waals surface area contributed by atoms with E-state index in [1.54, 1.807) is 42.5 Å². The molecule has 0 aliphatic carbocycles. The molecule has 2 aliphatic heterocycles. The summed E-state index contributed by atoms with van der Waals surface area (Å²) < 4.78 is 7.84. The number of hydrogen-bond donors (Lipinski definition) is 1. The highest BCUT2D eigenvalue weighted by atomic mass is 35.5. The summed E-state index contributed by atoms with van der Waals surface area (Å²) in [6.07, 6.45) is 0. The van der Waals surface area contributed by atoms with Gasteiger partial charge in [0.15, 0.2) is 5.69 Å². The molecule has 0 atom stereocenters. The number of halogens is 1. The van der Waals surface area contributed by atoms with E-state index in [4.69, 9.17) is 16.3 Å². The average molecular weight is 356 g/mol. The smallest absolute Gasteiger partial charge is 0.341 e. The Kier molecular flexibility index (Phi) is 3.62. The zero-order valence-corrected chi connectivity index (χ0v) is 14.1. The number of rotatable bonds is 3. The molecule has 25 heavy (non-hydrogen) atoms. The molecule has 0 amide bonds. The molecule has 0 fully saturated rings. The number of benzene rings is 2. The Balaban J connectivity index is 2.04. The van der Waals surface area contributed by atoms with Crippen LogP contribution < -0.4 is 16.0 Å². The molecule has 2 aromatic rings. The van der Waals surface area contributed by atoms with E-state index in [2.05, 4.69) is 4.98 Å². The molecule has 0 unspecified atom stereocenters. The fraction of sp³-hybridized carbons (Fsp3) is 0.111. The summed E-state index contributed by atoms with van der Waals surface area (Å²) >= 11 is 6.23. The van der Waals surface area contributed by atoms with E-state index in [0.29, 0.717) is 29.1 Å². The zero-order chi connectivity index (χ0) is 17.6. The summed E-state index contributed by atoms with van der Waals surface area (Å²) in [4.78, 5) is 28.7. The van der Waals surface area contributed by atoms with Crippen LogP contribution in [0.15, 0.2) is 58.1 Å². The Hall–Kier alpha value is -2.99. The van der Waals surface area contributed by atoms with Crippen LogP contribution in [0.25, 0.3) is 22.4 Å². The van der Waals surface area contributed by atoms with Crippen LogP contribution in [0.5, 0.6) is 5.75 Å². The number of aromatic nitrogens is 3. The van der Waals surface area contributed by atoms with E-state index in [1.165, 1.54) is 4.57 Å². The molecule has 126 valence electrons. The molecular formula is C18H14ClN3O3. The maximum absolute atomic E-state index is 12.9. The maximum atomic E-state index is 12.9. The molecule has 1 N–H and O–H groups in total. The first kappa shape index (κ1) is 15.5. The molecular weight excluding hydrogens is 342 g/mol. The van der Waals surface area contributed by atoms with E-state index in [1.807, 2.05) is 13.0 Å². The van der Waals surface area contributed by atoms with E-state index in [9.17, 15) is 9.59 Å². The average Bonchev–Trinajstić information content (AvgIpc) is 2.88. The Morgan fingerprint density at radius 1 is 1.04 bits per heavy atom. The van der Waals surface area contributed by atoms with Crippen LogP contribution in [0.1, 0.15) is 6.92 Å². The standard InChI is InChI=1S/C18H14ClN3O3/c1-2-25-12-9-7-11(8-10-12)21-17(23)15-16(19)20-13-5-3-4-6-14(13)22(15)18(21)24/h3-10,20H,2H2,1H3. The van der Waals surface area contributed by atoms with Gasteiger partial charge < -0.3 is 9.72 Å². The summed E-state index contributed by atoms with van der Waals surface area (Å²) in [5.74, 6) is 0.673. The molecule has 2 aliphatic rings. The third-order valence-electron chi connectivity index (χ3n) is 4.02. The molecule has 4 rings (SSSR count). The highest BCUT2D eigenvalue weighted by Crippen LogP contribution is 2.23. The van der Waals surface area contributed by atoms with Crippen LogP contribution in [0, 0.1) is 0 Å². The van der Waals surface area contributed by atoms with Gasteiger partial charge in [-0.15, -0.1) is 0 Å². The second-order valence-corrected chi connectivity index (χ2v) is 5.87. The van der Waals surface area contributed by atoms with Gasteiger partial charge >= 0.3 is 5.69 Å². The molecule has 0 radical (unpaired) electrons. The lowest BCUT2D eigenvalue weighted by Gasteiger charge is -2.08. The summed E-state index contributed by atoms with van der Waals surface area (Å²) in [5, 5.41) is 0.130. The first-order chi connectivity index (χ1) is 12.1. The minimum atomic E-state index is -0.471. The third-order valence-corrected chi connectivity index (χ3v) is 4.29. The van der Waals surface area contributed by atoms with E-state index < -0.39 is 11.2 Å². The molecule has 0 aromatic heterocycles. The van der Waals surface area contributed by atoms with Gasteiger partial charge in [0.05, 0.1) is 23.3 Å². The van der Waals surface area contributed by atoms with Gasteiger partial charge in [-0.2, -0.15) is 0 Å². The Labute approximate surface area is 147 Å². The number of H-pyrrole nitrogens is 1. The van der Waals surface area contributed by atoms with Gasteiger partial charge in [0, 0.05) is 0 Å². The normalized spacial score (nSPS) is 11.3. The van der Waals surface area contributed by atoms with Crippen molar-refractivity contribution < 1.29 is 4.74 Å². The molecule has 0 saturated carbocycles. The first-order valence-corrected chi connectivity index (χ1v) is 8.17. The third kappa shape index (κ3) is 2.34. The summed E-state index contributed by atoms with van der Waals surface area (Å²) in [6, 6.07) is 14.0. The highest BCUT2D eigenvalue weighted by molar-refractivity contribution is 6.31. The summed E-state index contributed by atoms with van der Waals surface area (Å²) in [5.41, 5.74) is 0.915. The van der Waals surface area contributed by atoms with Crippen molar-refractivity contribution in [1.29, 1.82) is 0 Å². The minimum Gasteiger partial charge on any atom is -0.494 e. The van der Waals surface area contributed by atoms with Gasteiger partial charge in [0.1, 0.15) is 10.9 Å². The molecule has 2 heterocycles. The molecule has 2 aromatic carbocycles. The van der Waals surface area contributed by atoms with Gasteiger partial charge in [0.2, 0.25) is 0 Å². The van der Waals surface area contributed by atoms with Crippen molar-refractivity contribution in [3.63, 3.8) is 0 Å². The van der Waals surface area contributed by atoms with E-state index in [-0.39, 0.29) is 10.8 Å². The summed E-state index contributed by atoms with van der Waals surface area (Å²) in [7, 11) is 0. The monoisotopic (exact) mass is 355 g/mol. The lowest BCUT2D eigenvalue weighted by molar-refractivity contribution is 0.340. The Bertz CT molecular complexity index is 1160. The lowest BCUT2D eigenvalue weighted by atomic mass is 10.3. The van der Waals surface area contributed by atoms with Crippen molar-refractivity contribution in [2.75, 3.05) is 6.61 Å². The van der Waals surface area contributed by atoms with E-state index >= 15 is 0 Å². The van der Waals surface area contributed by atoms with E-state index in [0.717, 1.165) is 4.57 Å². The zero-order valence-electron chi connectivity index (χ0n) is 13.3. The predicted molar refractivity (Wildman–Crippen MR) is 96.9 cm³/mol. The second-order valence-electron chi connectivity index (χ2n) is 5.49. The predicted octanol–water partition coefficient (Wildman–Crippen LogP) is 2.96. The van der Waals surface area contributed by atoms with Crippen LogP contribution in [-0.2, 0) is 0 Å². The van der Waals surface area contributed by atoms with Gasteiger partial charge in [0.25, 0.3) is 5.56 Å². The maximum Gasteiger partial charge on any atom is 0.341 e. The molecule has 0 spiro atoms. The summed E-state index contributed by atoms with van der Waals surface area (Å²) in [6.45, 7) is 2.43. The van der Waals surface area contributed by atoms with Gasteiger partial charge in [-0.3, -0.25) is 9.36 Å². The number of fused-ring (bicyclic) bond motifs is 3. The van der Waals surface area contributed by atoms with Crippen molar-refractivity contribution in [2.45, 2.75) is 6.92 Å². The highest BCUT2D eigenvalue weighted by Gasteiger charge is 2.24. The topological polar surface area (TPSA) is 69.0 Å². The number of ether oxygens (including phenoxy) is 1. The van der Waals surface area contributed by atoms with Crippen LogP contribution in [0.4, 0.5) is 0 Å². The minimum absolute atomic E-state index is 0.124. The number of para-hydroxylation sites is 2. The van der Waals surface area contributed by atoms with Crippen molar-refractivity contribution in [1.82, 2.24) is 14.1 Å². The number of hydrogen-bond acceptors (Lipinski definition) is 3. The van der Waals surface area contributed by atoms with Crippen molar-refractivity contribution in [3.05, 3.63) is 74.5 Å². The van der Waals surface area contributed by atoms with Gasteiger partial charge in [-0.05, 0) is 43.3 Å². The van der Waals surface area contributed by atoms with Crippen LogP contribution in [0.2, 0.25) is 5.15 Å². The molecule has 7 heteroatoms. The molecule has 0 saturated heterocycles. The largest absolute Gasteiger partial charge is 0.494 e. The molecule has 6 nitrogen and oxygen atoms in total. The van der Waals surface area contributed by atoms with Crippen LogP contribution in [-0.4, -0.2) is 20.7 Å². The van der Waals surface area contributed by atoms with Gasteiger partial charge in [-0.25, -0.2) is 9.36 Å². The van der Waals surface area contributed by atoms with Gasteiger partial charge in [-0.1, -0.05) is 23.7 Å². The fourth-order valence-corrected chi connectivity index (χ4v) is 3.20. The van der Waals surface area contributed by atoms with Crippen molar-refractivity contribution in [3.8, 4) is 17.1 Å². The first-order valence-electron chi connectivity index (χ1n) is 7.79.